The SMILES string of the molecule is CCCCCC/C=C/CC/C=C/C(O)C(COP(=O)([O-])OCC[N+](C)(C)C)NC(=O)CCCCC/C=C\CCCCCCCC. The largest absolute Gasteiger partial charge is 0.756 e. The van der Waals surface area contributed by atoms with Crippen molar-refractivity contribution in [1.82, 2.24) is 5.32 Å². The van der Waals surface area contributed by atoms with Crippen LogP contribution in [0.15, 0.2) is 36.5 Å². The van der Waals surface area contributed by atoms with E-state index in [4.69, 9.17) is 9.05 Å². The molecule has 264 valence electrons. The standard InChI is InChI=1S/C36H69N2O6P/c1-6-8-10-12-14-16-18-19-20-22-24-26-28-30-36(40)37-34(33-44-45(41,42)43-32-31-38(3,4)5)35(39)29-27-25-23-21-17-15-13-11-9-7-2/h17,19-21,27,29,34-35,39H,6-16,18,22-26,28,30-33H2,1-5H3,(H-,37,40,41,42)/b20-19-,21-17+,29-27+. The van der Waals surface area contributed by atoms with Gasteiger partial charge in [-0.25, -0.2) is 0 Å². The van der Waals surface area contributed by atoms with Crippen LogP contribution in [0.2, 0.25) is 0 Å². The molecule has 0 saturated heterocycles. The maximum Gasteiger partial charge on any atom is 0.268 e. The number of phosphoric ester groups is 1. The Morgan fingerprint density at radius 2 is 1.24 bits per heavy atom. The number of aliphatic hydroxyl groups excluding tert-OH is 1. The van der Waals surface area contributed by atoms with Crippen molar-refractivity contribution in [2.45, 2.75) is 148 Å². The number of phosphoric acid groups is 1. The quantitative estimate of drug-likeness (QED) is 0.0337. The second-order valence-electron chi connectivity index (χ2n) is 13.2. The zero-order chi connectivity index (χ0) is 33.7. The lowest BCUT2D eigenvalue weighted by atomic mass is 10.1. The highest BCUT2D eigenvalue weighted by Crippen LogP contribution is 2.38. The van der Waals surface area contributed by atoms with E-state index >= 15 is 0 Å². The summed E-state index contributed by atoms with van der Waals surface area (Å²) in [5, 5.41) is 13.6. The van der Waals surface area contributed by atoms with E-state index in [0.29, 0.717) is 17.4 Å². The van der Waals surface area contributed by atoms with E-state index in [1.54, 1.807) is 6.08 Å². The van der Waals surface area contributed by atoms with Gasteiger partial charge in [-0.15, -0.1) is 0 Å². The van der Waals surface area contributed by atoms with E-state index in [1.165, 1.54) is 64.2 Å². The van der Waals surface area contributed by atoms with Gasteiger partial charge in [0.15, 0.2) is 0 Å². The van der Waals surface area contributed by atoms with Gasteiger partial charge in [-0.2, -0.15) is 0 Å². The van der Waals surface area contributed by atoms with Gasteiger partial charge in [-0.05, 0) is 57.8 Å². The molecule has 0 rings (SSSR count). The summed E-state index contributed by atoms with van der Waals surface area (Å²) in [6.45, 7) is 4.53. The molecule has 0 saturated carbocycles. The minimum atomic E-state index is -4.58. The number of aliphatic hydroxyl groups is 1. The first-order valence-corrected chi connectivity index (χ1v) is 19.3. The molecule has 2 N–H and O–H groups in total. The van der Waals surface area contributed by atoms with Crippen LogP contribution in [0.5, 0.6) is 0 Å². The molecule has 0 heterocycles. The van der Waals surface area contributed by atoms with E-state index in [-0.39, 0.29) is 12.5 Å². The summed E-state index contributed by atoms with van der Waals surface area (Å²) in [7, 11) is 1.22. The summed E-state index contributed by atoms with van der Waals surface area (Å²) in [5.41, 5.74) is 0. The summed E-state index contributed by atoms with van der Waals surface area (Å²) >= 11 is 0. The predicted octanol–water partition coefficient (Wildman–Crippen LogP) is 8.16. The molecule has 0 radical (unpaired) electrons. The van der Waals surface area contributed by atoms with Gasteiger partial charge in [0, 0.05) is 6.42 Å². The zero-order valence-corrected chi connectivity index (χ0v) is 30.5. The Hall–Kier alpha value is -1.28. The Kier molecular flexibility index (Phi) is 28.1. The van der Waals surface area contributed by atoms with Crippen molar-refractivity contribution in [3.63, 3.8) is 0 Å². The molecule has 0 bridgehead atoms. The van der Waals surface area contributed by atoms with Crippen molar-refractivity contribution in [2.75, 3.05) is 40.9 Å². The lowest BCUT2D eigenvalue weighted by Gasteiger charge is -2.29. The highest BCUT2D eigenvalue weighted by Gasteiger charge is 2.23. The predicted molar refractivity (Wildman–Crippen MR) is 187 cm³/mol. The molecule has 9 heteroatoms. The summed E-state index contributed by atoms with van der Waals surface area (Å²) < 4.78 is 23.0. The third kappa shape index (κ3) is 31.1. The Balaban J connectivity index is 4.65. The Morgan fingerprint density at radius 1 is 0.756 bits per heavy atom. The maximum atomic E-state index is 12.7. The fraction of sp³-hybridized carbons (Fsp3) is 0.806. The smallest absolute Gasteiger partial charge is 0.268 e. The molecular weight excluding hydrogens is 587 g/mol. The molecule has 1 amide bonds. The average molecular weight is 657 g/mol. The lowest BCUT2D eigenvalue weighted by molar-refractivity contribution is -0.870. The first kappa shape index (κ1) is 43.7. The highest BCUT2D eigenvalue weighted by atomic mass is 31.2. The molecule has 0 aliphatic rings. The minimum absolute atomic E-state index is 0.00980. The lowest BCUT2D eigenvalue weighted by Crippen LogP contribution is -2.45. The Morgan fingerprint density at radius 3 is 1.82 bits per heavy atom. The monoisotopic (exact) mass is 656 g/mol. The van der Waals surface area contributed by atoms with Gasteiger partial charge in [0.1, 0.15) is 13.2 Å². The van der Waals surface area contributed by atoms with E-state index in [9.17, 15) is 19.4 Å². The summed E-state index contributed by atoms with van der Waals surface area (Å²) in [4.78, 5) is 25.0. The number of rotatable bonds is 31. The van der Waals surface area contributed by atoms with Gasteiger partial charge in [-0.3, -0.25) is 9.36 Å². The fourth-order valence-electron chi connectivity index (χ4n) is 4.63. The number of carbonyl (C=O) groups is 1. The fourth-order valence-corrected chi connectivity index (χ4v) is 5.35. The van der Waals surface area contributed by atoms with Crippen LogP contribution in [0.3, 0.4) is 0 Å². The molecule has 45 heavy (non-hydrogen) atoms. The van der Waals surface area contributed by atoms with Crippen LogP contribution in [0, 0.1) is 0 Å². The summed E-state index contributed by atoms with van der Waals surface area (Å²) in [6, 6.07) is -0.906. The average Bonchev–Trinajstić information content (AvgIpc) is 2.97. The maximum absolute atomic E-state index is 12.7. The summed E-state index contributed by atoms with van der Waals surface area (Å²) in [5.74, 6) is -0.229. The number of quaternary nitrogens is 1. The zero-order valence-electron chi connectivity index (χ0n) is 29.6. The molecule has 0 aromatic heterocycles. The van der Waals surface area contributed by atoms with Crippen LogP contribution < -0.4 is 10.2 Å². The van der Waals surface area contributed by atoms with Crippen LogP contribution in [-0.2, 0) is 18.4 Å². The van der Waals surface area contributed by atoms with Gasteiger partial charge in [0.25, 0.3) is 7.82 Å². The van der Waals surface area contributed by atoms with Gasteiger partial charge < -0.3 is 28.8 Å². The van der Waals surface area contributed by atoms with Crippen LogP contribution in [0.4, 0.5) is 0 Å². The molecule has 0 aromatic carbocycles. The topological polar surface area (TPSA) is 108 Å². The van der Waals surface area contributed by atoms with Crippen LogP contribution in [0.1, 0.15) is 136 Å². The molecule has 0 aromatic rings. The second kappa shape index (κ2) is 28.9. The van der Waals surface area contributed by atoms with E-state index in [2.05, 4.69) is 43.5 Å². The van der Waals surface area contributed by atoms with Crippen molar-refractivity contribution < 1.29 is 32.9 Å². The van der Waals surface area contributed by atoms with E-state index in [0.717, 1.165) is 51.4 Å². The summed E-state index contributed by atoms with van der Waals surface area (Å²) in [6.07, 6.45) is 31.9. The number of unbranched alkanes of at least 4 members (excludes halogenated alkanes) is 14. The van der Waals surface area contributed by atoms with Crippen molar-refractivity contribution in [2.24, 2.45) is 0 Å². The molecular formula is C36H69N2O6P. The van der Waals surface area contributed by atoms with Crippen molar-refractivity contribution in [3.8, 4) is 0 Å². The molecule has 8 nitrogen and oxygen atoms in total. The van der Waals surface area contributed by atoms with E-state index in [1.807, 2.05) is 27.2 Å². The molecule has 3 unspecified atom stereocenters. The molecule has 0 aliphatic carbocycles. The third-order valence-corrected chi connectivity index (χ3v) is 8.54. The highest BCUT2D eigenvalue weighted by molar-refractivity contribution is 7.45. The third-order valence-electron chi connectivity index (χ3n) is 7.57. The number of nitrogens with one attached hydrogen (secondary N) is 1. The van der Waals surface area contributed by atoms with Gasteiger partial charge in [0.05, 0.1) is 39.9 Å². The van der Waals surface area contributed by atoms with Crippen LogP contribution >= 0.6 is 7.82 Å². The van der Waals surface area contributed by atoms with Crippen molar-refractivity contribution in [1.29, 1.82) is 0 Å². The number of amides is 1. The second-order valence-corrected chi connectivity index (χ2v) is 14.6. The Bertz CT molecular complexity index is 840. The molecule has 0 aliphatic heterocycles. The minimum Gasteiger partial charge on any atom is -0.756 e. The van der Waals surface area contributed by atoms with Gasteiger partial charge in [-0.1, -0.05) is 108 Å². The van der Waals surface area contributed by atoms with Crippen molar-refractivity contribution in [3.05, 3.63) is 36.5 Å². The number of hydrogen-bond donors (Lipinski definition) is 2. The number of likely N-dealkylation sites (N-methyl/N-ethyl adjacent to an activating group) is 1. The van der Waals surface area contributed by atoms with Crippen LogP contribution in [0.25, 0.3) is 0 Å². The normalized spacial score (nSPS) is 15.3. The van der Waals surface area contributed by atoms with Crippen LogP contribution in [-0.4, -0.2) is 68.5 Å². The number of allylic oxidation sites excluding steroid dienone is 5. The number of hydrogen-bond acceptors (Lipinski definition) is 6. The number of carbonyl (C=O) groups excluding carboxylic acids is 1. The molecule has 0 spiro atoms. The van der Waals surface area contributed by atoms with Gasteiger partial charge >= 0.3 is 0 Å². The first-order valence-electron chi connectivity index (χ1n) is 17.9. The van der Waals surface area contributed by atoms with Crippen molar-refractivity contribution >= 4 is 13.7 Å². The van der Waals surface area contributed by atoms with Gasteiger partial charge in [0.2, 0.25) is 5.91 Å². The first-order chi connectivity index (χ1) is 21.5. The number of nitrogens with zero attached hydrogens (tertiary/aromatic N) is 1. The van der Waals surface area contributed by atoms with E-state index < -0.39 is 26.6 Å². The molecule has 3 atom stereocenters. The Labute approximate surface area is 276 Å². The molecule has 0 fully saturated rings.